The predicted octanol–water partition coefficient (Wildman–Crippen LogP) is 3.27. The fourth-order valence-corrected chi connectivity index (χ4v) is 2.25. The average molecular weight is 263 g/mol. The third kappa shape index (κ3) is 5.43. The second kappa shape index (κ2) is 7.95. The van der Waals surface area contributed by atoms with E-state index >= 15 is 0 Å². The van der Waals surface area contributed by atoms with Crippen molar-refractivity contribution in [3.63, 3.8) is 0 Å². The monoisotopic (exact) mass is 263 g/mol. The molecule has 3 nitrogen and oxygen atoms in total. The zero-order valence-corrected chi connectivity index (χ0v) is 12.1. The molecule has 19 heavy (non-hydrogen) atoms. The van der Waals surface area contributed by atoms with Gasteiger partial charge in [-0.05, 0) is 30.2 Å². The summed E-state index contributed by atoms with van der Waals surface area (Å²) < 4.78 is 0. The SMILES string of the molecule is CCC(CN[C@H](CC(C)C)C(=O)O)c1ccccc1. The molecule has 0 radical (unpaired) electrons. The van der Waals surface area contributed by atoms with E-state index in [9.17, 15) is 9.90 Å². The van der Waals surface area contributed by atoms with Crippen molar-refractivity contribution >= 4 is 5.97 Å². The van der Waals surface area contributed by atoms with Crippen molar-refractivity contribution in [2.45, 2.75) is 45.6 Å². The van der Waals surface area contributed by atoms with Gasteiger partial charge in [-0.2, -0.15) is 0 Å². The van der Waals surface area contributed by atoms with E-state index in [1.54, 1.807) is 0 Å². The minimum Gasteiger partial charge on any atom is -0.480 e. The van der Waals surface area contributed by atoms with Crippen molar-refractivity contribution in [2.24, 2.45) is 5.92 Å². The minimum absolute atomic E-state index is 0.371. The molecule has 0 saturated heterocycles. The molecule has 1 unspecified atom stereocenters. The first-order valence-corrected chi connectivity index (χ1v) is 7.05. The molecule has 0 aliphatic heterocycles. The Kier molecular flexibility index (Phi) is 6.57. The Morgan fingerprint density at radius 3 is 2.37 bits per heavy atom. The maximum atomic E-state index is 11.2. The second-order valence-corrected chi connectivity index (χ2v) is 5.44. The Labute approximate surface area is 116 Å². The van der Waals surface area contributed by atoms with Crippen molar-refractivity contribution in [3.8, 4) is 0 Å². The van der Waals surface area contributed by atoms with Gasteiger partial charge in [0.1, 0.15) is 6.04 Å². The molecule has 2 N–H and O–H groups in total. The lowest BCUT2D eigenvalue weighted by Crippen LogP contribution is -2.39. The van der Waals surface area contributed by atoms with E-state index in [0.29, 0.717) is 24.8 Å². The molecule has 1 rings (SSSR count). The van der Waals surface area contributed by atoms with E-state index in [-0.39, 0.29) is 0 Å². The van der Waals surface area contributed by atoms with Gasteiger partial charge in [0.25, 0.3) is 0 Å². The summed E-state index contributed by atoms with van der Waals surface area (Å²) in [4.78, 5) is 11.2. The molecule has 0 saturated carbocycles. The molecule has 0 heterocycles. The highest BCUT2D eigenvalue weighted by molar-refractivity contribution is 5.73. The Bertz CT molecular complexity index is 376. The molecule has 2 atom stereocenters. The van der Waals surface area contributed by atoms with Crippen LogP contribution in [0.3, 0.4) is 0 Å². The van der Waals surface area contributed by atoms with Crippen molar-refractivity contribution in [2.75, 3.05) is 6.54 Å². The molecular weight excluding hydrogens is 238 g/mol. The summed E-state index contributed by atoms with van der Waals surface area (Å²) in [6.45, 7) is 6.94. The van der Waals surface area contributed by atoms with Crippen LogP contribution in [0.2, 0.25) is 0 Å². The number of carbonyl (C=O) groups is 1. The molecular formula is C16H25NO2. The van der Waals surface area contributed by atoms with Crippen molar-refractivity contribution in [1.29, 1.82) is 0 Å². The van der Waals surface area contributed by atoms with E-state index in [0.717, 1.165) is 6.42 Å². The van der Waals surface area contributed by atoms with Gasteiger partial charge < -0.3 is 10.4 Å². The van der Waals surface area contributed by atoms with Gasteiger partial charge in [-0.15, -0.1) is 0 Å². The summed E-state index contributed by atoms with van der Waals surface area (Å²) in [5, 5.41) is 12.4. The molecule has 3 heteroatoms. The van der Waals surface area contributed by atoms with Gasteiger partial charge in [0.05, 0.1) is 0 Å². The summed E-state index contributed by atoms with van der Waals surface area (Å²) in [5.74, 6) is -0.00257. The van der Waals surface area contributed by atoms with Crippen molar-refractivity contribution in [3.05, 3.63) is 35.9 Å². The fourth-order valence-electron chi connectivity index (χ4n) is 2.25. The molecule has 0 aliphatic rings. The first kappa shape index (κ1) is 15.7. The van der Waals surface area contributed by atoms with Crippen LogP contribution < -0.4 is 5.32 Å². The van der Waals surface area contributed by atoms with Crippen LogP contribution in [-0.2, 0) is 4.79 Å². The molecule has 0 fully saturated rings. The van der Waals surface area contributed by atoms with Crippen LogP contribution in [0.5, 0.6) is 0 Å². The first-order valence-electron chi connectivity index (χ1n) is 7.05. The van der Waals surface area contributed by atoms with E-state index < -0.39 is 12.0 Å². The summed E-state index contributed by atoms with van der Waals surface area (Å²) >= 11 is 0. The first-order chi connectivity index (χ1) is 9.04. The van der Waals surface area contributed by atoms with Gasteiger partial charge >= 0.3 is 5.97 Å². The number of hydrogen-bond donors (Lipinski definition) is 2. The molecule has 0 bridgehead atoms. The van der Waals surface area contributed by atoms with Crippen molar-refractivity contribution < 1.29 is 9.90 Å². The minimum atomic E-state index is -0.753. The fraction of sp³-hybridized carbons (Fsp3) is 0.562. The number of hydrogen-bond acceptors (Lipinski definition) is 2. The smallest absolute Gasteiger partial charge is 0.320 e. The van der Waals surface area contributed by atoms with Crippen LogP contribution >= 0.6 is 0 Å². The molecule has 0 aromatic heterocycles. The normalized spacial score (nSPS) is 14.3. The summed E-state index contributed by atoms with van der Waals surface area (Å²) in [6.07, 6.45) is 1.67. The maximum Gasteiger partial charge on any atom is 0.320 e. The highest BCUT2D eigenvalue weighted by Crippen LogP contribution is 2.18. The average Bonchev–Trinajstić information content (AvgIpc) is 2.38. The molecule has 1 aromatic carbocycles. The topological polar surface area (TPSA) is 49.3 Å². The quantitative estimate of drug-likeness (QED) is 0.757. The molecule has 0 spiro atoms. The summed E-state index contributed by atoms with van der Waals surface area (Å²) in [6, 6.07) is 9.82. The maximum absolute atomic E-state index is 11.2. The van der Waals surface area contributed by atoms with Crippen LogP contribution in [-0.4, -0.2) is 23.7 Å². The predicted molar refractivity (Wildman–Crippen MR) is 78.4 cm³/mol. The van der Waals surface area contributed by atoms with Gasteiger partial charge in [-0.1, -0.05) is 51.1 Å². The third-order valence-corrected chi connectivity index (χ3v) is 3.38. The molecule has 0 aliphatic carbocycles. The van der Waals surface area contributed by atoms with E-state index in [2.05, 4.69) is 24.4 Å². The largest absolute Gasteiger partial charge is 0.480 e. The zero-order chi connectivity index (χ0) is 14.3. The van der Waals surface area contributed by atoms with Crippen LogP contribution in [0, 0.1) is 5.92 Å². The van der Waals surface area contributed by atoms with Gasteiger partial charge in [0.2, 0.25) is 0 Å². The highest BCUT2D eigenvalue weighted by atomic mass is 16.4. The Balaban J connectivity index is 2.59. The lowest BCUT2D eigenvalue weighted by molar-refractivity contribution is -0.139. The van der Waals surface area contributed by atoms with Crippen LogP contribution in [0.1, 0.15) is 45.1 Å². The Hall–Kier alpha value is -1.35. The number of carboxylic acid groups (broad SMARTS) is 1. The molecule has 1 aromatic rings. The van der Waals surface area contributed by atoms with Crippen molar-refractivity contribution in [1.82, 2.24) is 5.32 Å². The Morgan fingerprint density at radius 1 is 1.26 bits per heavy atom. The third-order valence-electron chi connectivity index (χ3n) is 3.38. The lowest BCUT2D eigenvalue weighted by atomic mass is 9.95. The van der Waals surface area contributed by atoms with E-state index in [1.807, 2.05) is 32.0 Å². The molecule has 106 valence electrons. The number of nitrogens with one attached hydrogen (secondary N) is 1. The number of benzene rings is 1. The van der Waals surface area contributed by atoms with Crippen LogP contribution in [0.15, 0.2) is 30.3 Å². The second-order valence-electron chi connectivity index (χ2n) is 5.44. The van der Waals surface area contributed by atoms with Crippen LogP contribution in [0.4, 0.5) is 0 Å². The van der Waals surface area contributed by atoms with Gasteiger partial charge in [0.15, 0.2) is 0 Å². The van der Waals surface area contributed by atoms with E-state index in [1.165, 1.54) is 5.56 Å². The number of aliphatic carboxylic acids is 1. The zero-order valence-electron chi connectivity index (χ0n) is 12.1. The highest BCUT2D eigenvalue weighted by Gasteiger charge is 2.20. The summed E-state index contributed by atoms with van der Waals surface area (Å²) in [7, 11) is 0. The van der Waals surface area contributed by atoms with Crippen LogP contribution in [0.25, 0.3) is 0 Å². The van der Waals surface area contributed by atoms with E-state index in [4.69, 9.17) is 0 Å². The molecule has 0 amide bonds. The van der Waals surface area contributed by atoms with Gasteiger partial charge in [-0.3, -0.25) is 4.79 Å². The number of rotatable bonds is 8. The van der Waals surface area contributed by atoms with Gasteiger partial charge in [-0.25, -0.2) is 0 Å². The Morgan fingerprint density at radius 2 is 1.89 bits per heavy atom. The number of carboxylic acids is 1. The van der Waals surface area contributed by atoms with Gasteiger partial charge in [0, 0.05) is 6.54 Å². The summed E-state index contributed by atoms with van der Waals surface area (Å²) in [5.41, 5.74) is 1.27. The standard InChI is InChI=1S/C16H25NO2/c1-4-13(14-8-6-5-7-9-14)11-17-15(16(18)19)10-12(2)3/h5-9,12-13,15,17H,4,10-11H2,1-3H3,(H,18,19)/t13?,15-/m1/s1. The lowest BCUT2D eigenvalue weighted by Gasteiger charge is -2.21.